The van der Waals surface area contributed by atoms with Crippen molar-refractivity contribution in [2.24, 2.45) is 5.73 Å². The van der Waals surface area contributed by atoms with E-state index < -0.39 is 0 Å². The van der Waals surface area contributed by atoms with Crippen LogP contribution >= 0.6 is 12.2 Å². The lowest BCUT2D eigenvalue weighted by Gasteiger charge is -2.12. The first kappa shape index (κ1) is 14.1. The molecule has 1 aromatic carbocycles. The van der Waals surface area contributed by atoms with E-state index in [2.05, 4.69) is 10.3 Å². The number of methoxy groups -OCH3 is 2. The number of pyridine rings is 1. The Kier molecular flexibility index (Phi) is 4.37. The zero-order valence-corrected chi connectivity index (χ0v) is 12.0. The molecule has 5 nitrogen and oxygen atoms in total. The molecule has 104 valence electrons. The van der Waals surface area contributed by atoms with E-state index in [0.29, 0.717) is 11.4 Å². The number of nitrogens with zero attached hydrogens (tertiary/aromatic N) is 1. The van der Waals surface area contributed by atoms with E-state index in [1.54, 1.807) is 32.5 Å². The third-order valence-electron chi connectivity index (χ3n) is 2.70. The molecule has 0 amide bonds. The molecule has 20 heavy (non-hydrogen) atoms. The van der Waals surface area contributed by atoms with Gasteiger partial charge in [-0.1, -0.05) is 12.2 Å². The van der Waals surface area contributed by atoms with Gasteiger partial charge in [0.15, 0.2) is 0 Å². The first-order chi connectivity index (χ1) is 9.63. The van der Waals surface area contributed by atoms with Crippen LogP contribution in [0.4, 0.5) is 11.4 Å². The summed E-state index contributed by atoms with van der Waals surface area (Å²) in [6, 6.07) is 9.13. The lowest BCUT2D eigenvalue weighted by atomic mass is 10.2. The summed E-state index contributed by atoms with van der Waals surface area (Å²) in [5.74, 6) is 1.41. The van der Waals surface area contributed by atoms with Gasteiger partial charge in [-0.15, -0.1) is 0 Å². The van der Waals surface area contributed by atoms with Crippen LogP contribution in [-0.2, 0) is 0 Å². The molecular formula is C14H15N3O2S. The zero-order valence-electron chi connectivity index (χ0n) is 11.2. The quantitative estimate of drug-likeness (QED) is 0.824. The number of thiocarbonyl (C=S) groups is 1. The zero-order chi connectivity index (χ0) is 14.5. The van der Waals surface area contributed by atoms with Crippen molar-refractivity contribution in [1.29, 1.82) is 0 Å². The van der Waals surface area contributed by atoms with Gasteiger partial charge in [0, 0.05) is 18.0 Å². The smallest absolute Gasteiger partial charge is 0.145 e. The van der Waals surface area contributed by atoms with E-state index in [0.717, 1.165) is 17.1 Å². The molecule has 0 saturated heterocycles. The van der Waals surface area contributed by atoms with Crippen molar-refractivity contribution >= 4 is 28.6 Å². The second-order valence-electron chi connectivity index (χ2n) is 3.99. The summed E-state index contributed by atoms with van der Waals surface area (Å²) in [7, 11) is 3.21. The largest absolute Gasteiger partial charge is 0.497 e. The maximum atomic E-state index is 5.57. The fraction of sp³-hybridized carbons (Fsp3) is 0.143. The normalized spacial score (nSPS) is 9.90. The van der Waals surface area contributed by atoms with Crippen molar-refractivity contribution < 1.29 is 9.47 Å². The Bertz CT molecular complexity index is 632. The SMILES string of the molecule is COc1ccc(Nc2ccnc(C(N)=S)c2)c(OC)c1. The number of benzene rings is 1. The van der Waals surface area contributed by atoms with Crippen molar-refractivity contribution in [3.8, 4) is 11.5 Å². The Morgan fingerprint density at radius 2 is 2.00 bits per heavy atom. The molecule has 0 bridgehead atoms. The molecule has 2 aromatic rings. The van der Waals surface area contributed by atoms with Crippen LogP contribution in [-0.4, -0.2) is 24.2 Å². The minimum atomic E-state index is 0.260. The molecule has 6 heteroatoms. The van der Waals surface area contributed by atoms with Crippen molar-refractivity contribution in [3.05, 3.63) is 42.2 Å². The summed E-state index contributed by atoms with van der Waals surface area (Å²) < 4.78 is 10.5. The molecule has 0 fully saturated rings. The van der Waals surface area contributed by atoms with E-state index in [1.165, 1.54) is 0 Å². The predicted molar refractivity (Wildman–Crippen MR) is 83.0 cm³/mol. The number of rotatable bonds is 5. The van der Waals surface area contributed by atoms with Gasteiger partial charge in [0.05, 0.1) is 25.6 Å². The molecule has 0 aliphatic carbocycles. The van der Waals surface area contributed by atoms with Crippen LogP contribution in [0.25, 0.3) is 0 Å². The highest BCUT2D eigenvalue weighted by Gasteiger charge is 2.06. The van der Waals surface area contributed by atoms with E-state index in [1.807, 2.05) is 18.2 Å². The van der Waals surface area contributed by atoms with Gasteiger partial charge in [-0.25, -0.2) is 0 Å². The Balaban J connectivity index is 2.29. The van der Waals surface area contributed by atoms with Crippen LogP contribution in [0.3, 0.4) is 0 Å². The van der Waals surface area contributed by atoms with E-state index in [-0.39, 0.29) is 4.99 Å². The summed E-state index contributed by atoms with van der Waals surface area (Å²) in [4.78, 5) is 4.35. The second kappa shape index (κ2) is 6.21. The van der Waals surface area contributed by atoms with Crippen LogP contribution in [0.2, 0.25) is 0 Å². The first-order valence-electron chi connectivity index (χ1n) is 5.89. The minimum Gasteiger partial charge on any atom is -0.497 e. The molecule has 0 aliphatic rings. The van der Waals surface area contributed by atoms with Crippen molar-refractivity contribution in [2.45, 2.75) is 0 Å². The van der Waals surface area contributed by atoms with Gasteiger partial charge in [-0.3, -0.25) is 4.98 Å². The molecule has 2 rings (SSSR count). The van der Waals surface area contributed by atoms with Crippen molar-refractivity contribution in [2.75, 3.05) is 19.5 Å². The summed E-state index contributed by atoms with van der Waals surface area (Å²) in [5, 5.41) is 3.23. The number of aromatic nitrogens is 1. The lowest BCUT2D eigenvalue weighted by Crippen LogP contribution is -2.11. The maximum absolute atomic E-state index is 5.57. The fourth-order valence-electron chi connectivity index (χ4n) is 1.70. The van der Waals surface area contributed by atoms with Gasteiger partial charge in [-0.2, -0.15) is 0 Å². The van der Waals surface area contributed by atoms with Crippen LogP contribution in [0.15, 0.2) is 36.5 Å². The van der Waals surface area contributed by atoms with Crippen molar-refractivity contribution in [1.82, 2.24) is 4.98 Å². The Morgan fingerprint density at radius 1 is 1.20 bits per heavy atom. The second-order valence-corrected chi connectivity index (χ2v) is 4.43. The summed E-state index contributed by atoms with van der Waals surface area (Å²) in [5.41, 5.74) is 7.78. The molecule has 0 saturated carbocycles. The monoisotopic (exact) mass is 289 g/mol. The summed E-state index contributed by atoms with van der Waals surface area (Å²) >= 11 is 4.91. The molecule has 0 aliphatic heterocycles. The van der Waals surface area contributed by atoms with Crippen LogP contribution in [0.5, 0.6) is 11.5 Å². The van der Waals surface area contributed by atoms with E-state index in [4.69, 9.17) is 27.4 Å². The third kappa shape index (κ3) is 3.16. The highest BCUT2D eigenvalue weighted by atomic mass is 32.1. The Hall–Kier alpha value is -2.34. The lowest BCUT2D eigenvalue weighted by molar-refractivity contribution is 0.395. The summed E-state index contributed by atoms with van der Waals surface area (Å²) in [6.07, 6.45) is 1.65. The van der Waals surface area contributed by atoms with Crippen LogP contribution in [0.1, 0.15) is 5.69 Å². The van der Waals surface area contributed by atoms with Gasteiger partial charge in [0.2, 0.25) is 0 Å². The molecule has 1 heterocycles. The summed E-state index contributed by atoms with van der Waals surface area (Å²) in [6.45, 7) is 0. The van der Waals surface area contributed by atoms with Crippen LogP contribution < -0.4 is 20.5 Å². The number of ether oxygens (including phenoxy) is 2. The number of hydrogen-bond donors (Lipinski definition) is 2. The number of anilines is 2. The molecule has 0 atom stereocenters. The molecule has 0 unspecified atom stereocenters. The highest BCUT2D eigenvalue weighted by Crippen LogP contribution is 2.31. The van der Waals surface area contributed by atoms with Crippen molar-refractivity contribution in [3.63, 3.8) is 0 Å². The van der Waals surface area contributed by atoms with Gasteiger partial charge < -0.3 is 20.5 Å². The average molecular weight is 289 g/mol. The third-order valence-corrected chi connectivity index (χ3v) is 2.91. The van der Waals surface area contributed by atoms with Gasteiger partial charge in [0.1, 0.15) is 16.5 Å². The number of nitrogens with two attached hydrogens (primary N) is 1. The number of hydrogen-bond acceptors (Lipinski definition) is 5. The van der Waals surface area contributed by atoms with Gasteiger partial charge in [-0.05, 0) is 24.3 Å². The Morgan fingerprint density at radius 3 is 2.65 bits per heavy atom. The topological polar surface area (TPSA) is 69.4 Å². The standard InChI is InChI=1S/C14H15N3O2S/c1-18-10-3-4-11(13(8-10)19-2)17-9-5-6-16-12(7-9)14(15)20/h3-8H,1-2H3,(H2,15,20)(H,16,17). The Labute approximate surface area is 122 Å². The number of nitrogens with one attached hydrogen (secondary N) is 1. The maximum Gasteiger partial charge on any atom is 0.145 e. The molecule has 3 N–H and O–H groups in total. The average Bonchev–Trinajstić information content (AvgIpc) is 2.48. The van der Waals surface area contributed by atoms with Gasteiger partial charge >= 0.3 is 0 Å². The highest BCUT2D eigenvalue weighted by molar-refractivity contribution is 7.80. The van der Waals surface area contributed by atoms with E-state index in [9.17, 15) is 0 Å². The fourth-order valence-corrected chi connectivity index (χ4v) is 1.81. The molecular weight excluding hydrogens is 274 g/mol. The first-order valence-corrected chi connectivity index (χ1v) is 6.29. The molecule has 1 aromatic heterocycles. The molecule has 0 radical (unpaired) electrons. The minimum absolute atomic E-state index is 0.260. The molecule has 0 spiro atoms. The van der Waals surface area contributed by atoms with Gasteiger partial charge in [0.25, 0.3) is 0 Å². The van der Waals surface area contributed by atoms with E-state index >= 15 is 0 Å². The van der Waals surface area contributed by atoms with Crippen LogP contribution in [0, 0.1) is 0 Å². The predicted octanol–water partition coefficient (Wildman–Crippen LogP) is 2.48.